The van der Waals surface area contributed by atoms with Gasteiger partial charge in [0.05, 0.1) is 5.30 Å². The van der Waals surface area contributed by atoms with Gasteiger partial charge in [-0.2, -0.15) is 0 Å². The van der Waals surface area contributed by atoms with Gasteiger partial charge in [-0.05, 0) is 235 Å². The maximum absolute atomic E-state index is 15.1. The van der Waals surface area contributed by atoms with Crippen molar-refractivity contribution in [1.82, 2.24) is 0 Å². The fraction of sp³-hybridized carbons (Fsp3) is 0.125. The van der Waals surface area contributed by atoms with E-state index in [0.717, 1.165) is 96.5 Å². The monoisotopic (exact) mass is 1420 g/mol. The zero-order valence-electron chi connectivity index (χ0n) is 58.5. The number of hydrogen-bond acceptors (Lipinski definition) is 9. The van der Waals surface area contributed by atoms with E-state index in [1.54, 1.807) is 0 Å². The Bertz CT molecular complexity index is 4790. The SMILES string of the molecule is C.C.C.C.Cc1ccc(Oc2ccc(Oc3ccc(C)cc3)cc2)cc1.Cc1ccc(Oc2cccc(Oc3ccc(C)cc3)c2)cc1.Cc1cccc(Oc2ccc(P(=O)(c3ccccc3)c3ccccc3)c(Oc3cccc(C)c3)c2)c1.Cc1cccc(Oc2cccc(Oc3cccc(C)c3)c2)c1. The fourth-order valence-corrected chi connectivity index (χ4v) is 13.3. The molecule has 0 amide bonds. The predicted molar refractivity (Wildman–Crippen MR) is 442 cm³/mol. The molecule has 0 aromatic heterocycles. The van der Waals surface area contributed by atoms with Crippen molar-refractivity contribution in [1.29, 1.82) is 0 Å². The molecule has 0 aliphatic rings. The molecule has 0 spiro atoms. The van der Waals surface area contributed by atoms with Crippen molar-refractivity contribution < 1.29 is 42.5 Å². The predicted octanol–water partition coefficient (Wildman–Crippen LogP) is 27.7. The van der Waals surface area contributed by atoms with E-state index < -0.39 is 7.14 Å². The first-order valence-corrected chi connectivity index (χ1v) is 35.4. The smallest absolute Gasteiger partial charge is 0.174 e. The number of rotatable bonds is 19. The van der Waals surface area contributed by atoms with Gasteiger partial charge in [0.25, 0.3) is 0 Å². The molecule has 0 aliphatic carbocycles. The van der Waals surface area contributed by atoms with E-state index in [-0.39, 0.29) is 29.7 Å². The Kier molecular flexibility index (Phi) is 30.5. The van der Waals surface area contributed by atoms with Crippen LogP contribution in [-0.2, 0) is 4.57 Å². The molecular formula is C96H97O9P. The number of hydrogen-bond donors (Lipinski definition) is 0. The summed E-state index contributed by atoms with van der Waals surface area (Å²) >= 11 is 0. The van der Waals surface area contributed by atoms with Crippen molar-refractivity contribution in [2.75, 3.05) is 0 Å². The summed E-state index contributed by atoms with van der Waals surface area (Å²) in [7, 11) is -3.25. The molecule has 14 rings (SSSR count). The molecule has 0 heterocycles. The summed E-state index contributed by atoms with van der Waals surface area (Å²) in [6.45, 7) is 16.4. The lowest BCUT2D eigenvalue weighted by Gasteiger charge is -2.23. The van der Waals surface area contributed by atoms with E-state index in [1.165, 1.54) is 33.4 Å². The van der Waals surface area contributed by atoms with Crippen LogP contribution >= 0.6 is 7.14 Å². The summed E-state index contributed by atoms with van der Waals surface area (Å²) < 4.78 is 62.8. The van der Waals surface area contributed by atoms with Gasteiger partial charge in [0.1, 0.15) is 92.0 Å². The van der Waals surface area contributed by atoms with Crippen LogP contribution in [0.4, 0.5) is 0 Å². The van der Waals surface area contributed by atoms with Gasteiger partial charge in [-0.25, -0.2) is 0 Å². The Balaban J connectivity index is 0.000000200. The molecule has 106 heavy (non-hydrogen) atoms. The van der Waals surface area contributed by atoms with Crippen LogP contribution < -0.4 is 53.8 Å². The van der Waals surface area contributed by atoms with E-state index in [2.05, 4.69) is 27.7 Å². The molecule has 9 nitrogen and oxygen atoms in total. The van der Waals surface area contributed by atoms with Gasteiger partial charge in [0, 0.05) is 28.8 Å². The van der Waals surface area contributed by atoms with Gasteiger partial charge >= 0.3 is 0 Å². The molecule has 0 saturated heterocycles. The Morgan fingerprint density at radius 3 is 0.660 bits per heavy atom. The molecule has 0 radical (unpaired) electrons. The highest BCUT2D eigenvalue weighted by Gasteiger charge is 2.33. The Morgan fingerprint density at radius 2 is 0.387 bits per heavy atom. The molecular weight excluding hydrogens is 1330 g/mol. The second-order valence-electron chi connectivity index (χ2n) is 24.7. The normalized spacial score (nSPS) is 10.2. The Hall–Kier alpha value is -12.3. The lowest BCUT2D eigenvalue weighted by atomic mass is 10.2. The molecule has 14 aromatic rings. The molecule has 0 atom stereocenters. The van der Waals surface area contributed by atoms with E-state index in [1.807, 2.05) is 373 Å². The van der Waals surface area contributed by atoms with Crippen LogP contribution in [0.25, 0.3) is 0 Å². The third-order valence-corrected chi connectivity index (χ3v) is 19.0. The van der Waals surface area contributed by atoms with E-state index >= 15 is 4.57 Å². The Labute approximate surface area is 629 Å². The van der Waals surface area contributed by atoms with Crippen LogP contribution in [0.1, 0.15) is 74.2 Å². The molecule has 14 aromatic carbocycles. The number of ether oxygens (including phenoxy) is 8. The summed E-state index contributed by atoms with van der Waals surface area (Å²) in [4.78, 5) is 0. The first-order chi connectivity index (χ1) is 49.6. The summed E-state index contributed by atoms with van der Waals surface area (Å²) in [5.74, 6) is 12.1. The molecule has 0 fully saturated rings. The third-order valence-electron chi connectivity index (χ3n) is 15.9. The van der Waals surface area contributed by atoms with Gasteiger partial charge in [-0.3, -0.25) is 0 Å². The molecule has 0 saturated carbocycles. The zero-order chi connectivity index (χ0) is 71.1. The van der Waals surface area contributed by atoms with Gasteiger partial charge in [-0.15, -0.1) is 0 Å². The minimum Gasteiger partial charge on any atom is -0.457 e. The minimum absolute atomic E-state index is 0. The second-order valence-corrected chi connectivity index (χ2v) is 27.4. The topological polar surface area (TPSA) is 90.9 Å². The van der Waals surface area contributed by atoms with Crippen molar-refractivity contribution in [2.45, 2.75) is 85.1 Å². The highest BCUT2D eigenvalue weighted by molar-refractivity contribution is 7.85. The maximum Gasteiger partial charge on any atom is 0.174 e. The van der Waals surface area contributed by atoms with Gasteiger partial charge in [0.2, 0.25) is 0 Å². The van der Waals surface area contributed by atoms with E-state index in [4.69, 9.17) is 37.9 Å². The lowest BCUT2D eigenvalue weighted by Crippen LogP contribution is -2.26. The maximum atomic E-state index is 15.1. The van der Waals surface area contributed by atoms with Crippen molar-refractivity contribution in [3.8, 4) is 92.0 Å². The quantitative estimate of drug-likeness (QED) is 0.0734. The summed E-state index contributed by atoms with van der Waals surface area (Å²) in [6, 6.07) is 111. The second kappa shape index (κ2) is 39.9. The molecule has 540 valence electrons. The van der Waals surface area contributed by atoms with Crippen molar-refractivity contribution >= 4 is 23.1 Å². The molecule has 10 heteroatoms. The van der Waals surface area contributed by atoms with Crippen LogP contribution in [0.2, 0.25) is 0 Å². The summed E-state index contributed by atoms with van der Waals surface area (Å²) in [5, 5.41) is 2.12. The highest BCUT2D eigenvalue weighted by atomic mass is 31.2. The van der Waals surface area contributed by atoms with Crippen molar-refractivity contribution in [3.05, 3.63) is 390 Å². The third kappa shape index (κ3) is 24.2. The van der Waals surface area contributed by atoms with Gasteiger partial charge < -0.3 is 42.5 Å². The van der Waals surface area contributed by atoms with Crippen LogP contribution in [0.15, 0.2) is 346 Å². The van der Waals surface area contributed by atoms with E-state index in [0.29, 0.717) is 22.6 Å². The van der Waals surface area contributed by atoms with Crippen LogP contribution in [-0.4, -0.2) is 0 Å². The fourth-order valence-electron chi connectivity index (χ4n) is 10.6. The van der Waals surface area contributed by atoms with E-state index in [9.17, 15) is 0 Å². The van der Waals surface area contributed by atoms with Gasteiger partial charge in [-0.1, -0.05) is 222 Å². The standard InChI is InChI=1S/C32H27O3P.3C20H18O2.4CH4/c1-24-11-9-13-26(21-24)34-28-19-20-32(31(23-28)35-27-14-10-12-25(2)22-27)36(33,29-15-5-3-6-16-29)30-17-7-4-8-18-30;1-15-3-7-17(8-4-15)21-19-11-13-20(14-12-19)22-18-9-5-16(2)6-10-18;1-15-6-3-8-17(12-15)21-19-10-5-11-20(14-19)22-18-9-4-7-16(2)13-18;1-15-6-10-17(11-7-15)21-19-4-3-5-20(14-19)22-18-12-8-16(2)9-13-18;;;;/h3-23H,1-2H3;3*3-14H,1-2H3;4*1H4. The molecule has 0 bridgehead atoms. The Morgan fingerprint density at radius 1 is 0.179 bits per heavy atom. The molecule has 0 unspecified atom stereocenters. The zero-order valence-corrected chi connectivity index (χ0v) is 59.4. The van der Waals surface area contributed by atoms with Gasteiger partial charge in [0.15, 0.2) is 7.14 Å². The summed E-state index contributed by atoms with van der Waals surface area (Å²) in [5.41, 5.74) is 9.39. The van der Waals surface area contributed by atoms with Crippen molar-refractivity contribution in [3.63, 3.8) is 0 Å². The first kappa shape index (κ1) is 81.0. The largest absolute Gasteiger partial charge is 0.457 e. The lowest BCUT2D eigenvalue weighted by molar-refractivity contribution is 0.459. The van der Waals surface area contributed by atoms with Crippen LogP contribution in [0.5, 0.6) is 92.0 Å². The number of benzene rings is 14. The highest BCUT2D eigenvalue weighted by Crippen LogP contribution is 2.47. The average Bonchev–Trinajstić information content (AvgIpc) is 0.753. The first-order valence-electron chi connectivity index (χ1n) is 33.7. The van der Waals surface area contributed by atoms with Crippen LogP contribution in [0.3, 0.4) is 0 Å². The van der Waals surface area contributed by atoms with Crippen LogP contribution in [0, 0.1) is 55.4 Å². The minimum atomic E-state index is -3.25. The van der Waals surface area contributed by atoms with Crippen molar-refractivity contribution in [2.24, 2.45) is 0 Å². The molecule has 0 aliphatic heterocycles. The molecule has 0 N–H and O–H groups in total. The average molecular weight is 1430 g/mol. The number of aryl methyl sites for hydroxylation is 8. The summed E-state index contributed by atoms with van der Waals surface area (Å²) in [6.07, 6.45) is 0.